The molecule has 0 amide bonds. The van der Waals surface area contributed by atoms with Gasteiger partial charge in [-0.15, -0.1) is 0 Å². The summed E-state index contributed by atoms with van der Waals surface area (Å²) in [4.78, 5) is 24.4. The molecule has 0 aromatic heterocycles. The lowest BCUT2D eigenvalue weighted by molar-refractivity contribution is -0.436. The predicted octanol–water partition coefficient (Wildman–Crippen LogP) is 4.78. The van der Waals surface area contributed by atoms with Gasteiger partial charge >= 0.3 is 0 Å². The zero-order valence-corrected chi connectivity index (χ0v) is 15.3. The molecule has 1 aliphatic rings. The van der Waals surface area contributed by atoms with Gasteiger partial charge < -0.3 is 0 Å². The smallest absolute Gasteiger partial charge is 0.261 e. The largest absolute Gasteiger partial charge is 0.294 e. The van der Waals surface area contributed by atoms with Crippen LogP contribution >= 0.6 is 0 Å². The highest BCUT2D eigenvalue weighted by Crippen LogP contribution is 2.47. The van der Waals surface area contributed by atoms with Gasteiger partial charge in [-0.3, -0.25) is 14.9 Å². The first-order valence-electron chi connectivity index (χ1n) is 7.74. The molecule has 0 saturated heterocycles. The Morgan fingerprint density at radius 2 is 1.41 bits per heavy atom. The van der Waals surface area contributed by atoms with Crippen LogP contribution in [0.4, 0.5) is 0 Å². The number of nitrogens with zero attached hydrogens (tertiary/aromatic N) is 1. The topological polar surface area (TPSA) is 60.2 Å². The third kappa shape index (κ3) is 3.47. The van der Waals surface area contributed by atoms with E-state index in [9.17, 15) is 14.9 Å². The first-order valence-corrected chi connectivity index (χ1v) is 7.74. The molecule has 0 bridgehead atoms. The number of hydrogen-bond donors (Lipinski definition) is 0. The number of allylic oxidation sites excluding steroid dienone is 4. The molecule has 4 nitrogen and oxygen atoms in total. The van der Waals surface area contributed by atoms with E-state index in [1.807, 2.05) is 62.3 Å². The second-order valence-electron chi connectivity index (χ2n) is 9.28. The predicted molar refractivity (Wildman–Crippen MR) is 89.0 cm³/mol. The minimum atomic E-state index is -0.712. The van der Waals surface area contributed by atoms with Gasteiger partial charge in [-0.25, -0.2) is 0 Å². The lowest BCUT2D eigenvalue weighted by Crippen LogP contribution is -2.40. The van der Waals surface area contributed by atoms with Crippen LogP contribution in [0.1, 0.15) is 62.3 Å². The Balaban J connectivity index is 3.82. The lowest BCUT2D eigenvalue weighted by Gasteiger charge is -2.37. The third-order valence-corrected chi connectivity index (χ3v) is 4.04. The van der Waals surface area contributed by atoms with Crippen molar-refractivity contribution in [1.82, 2.24) is 0 Å². The second kappa shape index (κ2) is 5.32. The van der Waals surface area contributed by atoms with E-state index in [1.54, 1.807) is 6.08 Å². The molecule has 124 valence electrons. The summed E-state index contributed by atoms with van der Waals surface area (Å²) in [6, 6.07) is 0. The van der Waals surface area contributed by atoms with Crippen molar-refractivity contribution in [3.63, 3.8) is 0 Å². The summed E-state index contributed by atoms with van der Waals surface area (Å²) in [5.41, 5.74) is 0.200. The van der Waals surface area contributed by atoms with Crippen LogP contribution in [0.25, 0.3) is 0 Å². The van der Waals surface area contributed by atoms with Gasteiger partial charge in [-0.05, 0) is 22.3 Å². The fourth-order valence-corrected chi connectivity index (χ4v) is 2.92. The Labute approximate surface area is 133 Å². The van der Waals surface area contributed by atoms with E-state index in [2.05, 4.69) is 0 Å². The van der Waals surface area contributed by atoms with Gasteiger partial charge in [0.25, 0.3) is 5.70 Å². The fourth-order valence-electron chi connectivity index (χ4n) is 2.92. The van der Waals surface area contributed by atoms with Crippen molar-refractivity contribution in [2.75, 3.05) is 0 Å². The van der Waals surface area contributed by atoms with Crippen LogP contribution in [-0.4, -0.2) is 10.7 Å². The minimum absolute atomic E-state index is 0.0676. The van der Waals surface area contributed by atoms with Crippen LogP contribution in [0.2, 0.25) is 0 Å². The molecule has 0 N–H and O–H groups in total. The highest BCUT2D eigenvalue weighted by molar-refractivity contribution is 6.02. The van der Waals surface area contributed by atoms with Crippen LogP contribution in [-0.2, 0) is 4.79 Å². The Kier molecular flexibility index (Phi) is 4.50. The van der Waals surface area contributed by atoms with Crippen LogP contribution < -0.4 is 0 Å². The molecular weight excluding hydrogens is 278 g/mol. The van der Waals surface area contributed by atoms with Crippen LogP contribution in [0.5, 0.6) is 0 Å². The van der Waals surface area contributed by atoms with Gasteiger partial charge in [0.1, 0.15) is 5.92 Å². The summed E-state index contributed by atoms with van der Waals surface area (Å²) < 4.78 is 0. The molecule has 1 unspecified atom stereocenters. The van der Waals surface area contributed by atoms with Crippen molar-refractivity contribution in [3.8, 4) is 0 Å². The summed E-state index contributed by atoms with van der Waals surface area (Å²) in [6.07, 6.45) is 1.77. The number of hydrogen-bond acceptors (Lipinski definition) is 3. The molecule has 1 rings (SSSR count). The van der Waals surface area contributed by atoms with Crippen molar-refractivity contribution in [2.24, 2.45) is 22.2 Å². The first kappa shape index (κ1) is 18.6. The summed E-state index contributed by atoms with van der Waals surface area (Å²) >= 11 is 0. The molecule has 0 heterocycles. The molecule has 0 aliphatic heterocycles. The minimum Gasteiger partial charge on any atom is -0.294 e. The monoisotopic (exact) mass is 307 g/mol. The number of rotatable bonds is 1. The molecule has 4 heteroatoms. The van der Waals surface area contributed by atoms with Gasteiger partial charge in [-0.1, -0.05) is 62.3 Å². The van der Waals surface area contributed by atoms with E-state index in [-0.39, 0.29) is 27.2 Å². The summed E-state index contributed by atoms with van der Waals surface area (Å²) in [5.74, 6) is -0.823. The lowest BCUT2D eigenvalue weighted by atomic mass is 9.64. The van der Waals surface area contributed by atoms with Gasteiger partial charge in [0, 0.05) is 11.1 Å². The van der Waals surface area contributed by atoms with Crippen LogP contribution in [0.3, 0.4) is 0 Å². The second-order valence-corrected chi connectivity index (χ2v) is 9.28. The molecule has 1 aliphatic carbocycles. The van der Waals surface area contributed by atoms with Crippen molar-refractivity contribution in [1.29, 1.82) is 0 Å². The quantitative estimate of drug-likeness (QED) is 0.517. The van der Waals surface area contributed by atoms with Gasteiger partial charge in [0.2, 0.25) is 0 Å². The number of Topliss-reactive ketones (excluding diaryl/α,β-unsaturated/α-hetero) is 1. The number of carbonyl (C=O) groups excluding carboxylic acids is 1. The van der Waals surface area contributed by atoms with E-state index >= 15 is 0 Å². The number of ketones is 1. The van der Waals surface area contributed by atoms with Crippen LogP contribution in [0.15, 0.2) is 22.9 Å². The zero-order valence-electron chi connectivity index (χ0n) is 15.3. The molecule has 0 aromatic carbocycles. The molecule has 0 aromatic rings. The van der Waals surface area contributed by atoms with Gasteiger partial charge in [0.05, 0.1) is 4.92 Å². The summed E-state index contributed by atoms with van der Waals surface area (Å²) in [7, 11) is 0. The highest BCUT2D eigenvalue weighted by Gasteiger charge is 2.49. The Hall–Kier alpha value is -1.45. The maximum absolute atomic E-state index is 13.0. The normalized spacial score (nSPS) is 21.0. The average Bonchev–Trinajstić information content (AvgIpc) is 2.22. The maximum Gasteiger partial charge on any atom is 0.261 e. The van der Waals surface area contributed by atoms with Gasteiger partial charge in [-0.2, -0.15) is 0 Å². The number of nitro groups is 1. The Morgan fingerprint density at radius 1 is 0.955 bits per heavy atom. The highest BCUT2D eigenvalue weighted by atomic mass is 16.6. The molecule has 0 saturated carbocycles. The van der Waals surface area contributed by atoms with E-state index in [0.29, 0.717) is 11.1 Å². The SMILES string of the molecule is CC(C)(C)C1=CC(C(C)(C)C)=C([N+](=O)[O-])C(C(C)(C)C)C1=O. The maximum atomic E-state index is 13.0. The molecule has 0 radical (unpaired) electrons. The first-order chi connectivity index (χ1) is 9.58. The zero-order chi connectivity index (χ0) is 17.7. The van der Waals surface area contributed by atoms with E-state index in [4.69, 9.17) is 0 Å². The average molecular weight is 307 g/mol. The fraction of sp³-hybridized carbons (Fsp3) is 0.722. The molecule has 22 heavy (non-hydrogen) atoms. The van der Waals surface area contributed by atoms with Crippen LogP contribution in [0, 0.1) is 32.3 Å². The Morgan fingerprint density at radius 3 is 1.68 bits per heavy atom. The summed E-state index contributed by atoms with van der Waals surface area (Å²) in [6.45, 7) is 17.5. The van der Waals surface area contributed by atoms with E-state index < -0.39 is 11.3 Å². The standard InChI is InChI=1S/C18H29NO3/c1-16(2,3)11-10-12(17(4,5)6)15(20)13(18(7,8)9)14(11)19(21)22/h10,13H,1-9H3. The molecular formula is C18H29NO3. The molecule has 0 fully saturated rings. The van der Waals surface area contributed by atoms with E-state index in [1.165, 1.54) is 0 Å². The van der Waals surface area contributed by atoms with Crippen molar-refractivity contribution in [3.05, 3.63) is 33.0 Å². The summed E-state index contributed by atoms with van der Waals surface area (Å²) in [5, 5.41) is 11.7. The molecule has 0 spiro atoms. The van der Waals surface area contributed by atoms with Gasteiger partial charge in [0.15, 0.2) is 5.78 Å². The number of carbonyl (C=O) groups is 1. The van der Waals surface area contributed by atoms with Crippen molar-refractivity contribution < 1.29 is 9.72 Å². The molecule has 1 atom stereocenters. The van der Waals surface area contributed by atoms with Crippen molar-refractivity contribution in [2.45, 2.75) is 62.3 Å². The third-order valence-electron chi connectivity index (χ3n) is 4.04. The van der Waals surface area contributed by atoms with E-state index in [0.717, 1.165) is 0 Å². The van der Waals surface area contributed by atoms with Crippen molar-refractivity contribution >= 4 is 5.78 Å². The Bertz CT molecular complexity index is 561.